The monoisotopic (exact) mass is 364 g/mol. The molecule has 2 amide bonds. The Morgan fingerprint density at radius 1 is 1.08 bits per heavy atom. The Balaban J connectivity index is 2.00. The van der Waals surface area contributed by atoms with E-state index in [0.717, 1.165) is 0 Å². The number of carbonyl (C=O) groups is 2. The van der Waals surface area contributed by atoms with Gasteiger partial charge in [-0.15, -0.1) is 0 Å². The van der Waals surface area contributed by atoms with E-state index in [1.165, 1.54) is 11.0 Å². The zero-order valence-corrected chi connectivity index (χ0v) is 14.7. The van der Waals surface area contributed by atoms with Crippen molar-refractivity contribution in [3.8, 4) is 5.75 Å². The first-order chi connectivity index (χ1) is 12.6. The lowest BCUT2D eigenvalue weighted by atomic mass is 10.1. The molecule has 0 saturated carbocycles. The van der Waals surface area contributed by atoms with Crippen molar-refractivity contribution < 1.29 is 14.3 Å². The van der Waals surface area contributed by atoms with Gasteiger partial charge in [0.15, 0.2) is 5.11 Å². The van der Waals surface area contributed by atoms with Gasteiger partial charge in [-0.25, -0.2) is 0 Å². The molecule has 1 aliphatic rings. The fourth-order valence-corrected chi connectivity index (χ4v) is 2.79. The Kier molecular flexibility index (Phi) is 5.24. The molecule has 3 rings (SSSR count). The van der Waals surface area contributed by atoms with Crippen molar-refractivity contribution in [2.45, 2.75) is 0 Å². The van der Waals surface area contributed by atoms with Crippen molar-refractivity contribution in [3.63, 3.8) is 0 Å². The Morgan fingerprint density at radius 3 is 2.50 bits per heavy atom. The highest BCUT2D eigenvalue weighted by Crippen LogP contribution is 2.25. The maximum Gasteiger partial charge on any atom is 0.270 e. The summed E-state index contributed by atoms with van der Waals surface area (Å²) in [5.41, 5.74) is 1.19. The maximum absolute atomic E-state index is 12.9. The first-order valence-electron chi connectivity index (χ1n) is 7.91. The zero-order valence-electron chi connectivity index (χ0n) is 13.8. The van der Waals surface area contributed by atoms with Crippen molar-refractivity contribution in [1.29, 1.82) is 0 Å². The van der Waals surface area contributed by atoms with Crippen LogP contribution in [0.25, 0.3) is 6.08 Å². The molecule has 0 unspecified atom stereocenters. The van der Waals surface area contributed by atoms with Gasteiger partial charge in [-0.05, 0) is 36.5 Å². The quantitative estimate of drug-likeness (QED) is 0.383. The molecular weight excluding hydrogens is 348 g/mol. The van der Waals surface area contributed by atoms with E-state index in [0.29, 0.717) is 23.6 Å². The number of ether oxygens (including phenoxy) is 1. The molecule has 1 saturated heterocycles. The Morgan fingerprint density at radius 2 is 1.77 bits per heavy atom. The maximum atomic E-state index is 12.9. The normalized spacial score (nSPS) is 15.8. The summed E-state index contributed by atoms with van der Waals surface area (Å²) in [7, 11) is 0. The highest BCUT2D eigenvalue weighted by Gasteiger charge is 2.34. The van der Waals surface area contributed by atoms with E-state index in [9.17, 15) is 9.59 Å². The first kappa shape index (κ1) is 17.6. The number of rotatable bonds is 5. The standard InChI is InChI=1S/C20H16N2O3S/c1-2-12-25-17-11-7-6-8-14(17)13-16-18(23)21-20(26)22(19(16)24)15-9-4-3-5-10-15/h2-11,13H,1,12H2,(H,21,23,26)/b16-13-. The van der Waals surface area contributed by atoms with Crippen molar-refractivity contribution >= 4 is 40.9 Å². The number of nitrogens with zero attached hydrogens (tertiary/aromatic N) is 1. The summed E-state index contributed by atoms with van der Waals surface area (Å²) in [6, 6.07) is 16.1. The number of anilines is 1. The number of hydrogen-bond acceptors (Lipinski definition) is 4. The zero-order chi connectivity index (χ0) is 18.5. The lowest BCUT2D eigenvalue weighted by Gasteiger charge is -2.28. The van der Waals surface area contributed by atoms with Gasteiger partial charge >= 0.3 is 0 Å². The third-order valence-corrected chi connectivity index (χ3v) is 3.98. The van der Waals surface area contributed by atoms with Gasteiger partial charge in [0.25, 0.3) is 11.8 Å². The summed E-state index contributed by atoms with van der Waals surface area (Å²) in [5, 5.41) is 2.62. The number of benzene rings is 2. The highest BCUT2D eigenvalue weighted by atomic mass is 32.1. The molecule has 0 aromatic heterocycles. The molecular formula is C20H16N2O3S. The molecule has 1 heterocycles. The van der Waals surface area contributed by atoms with Gasteiger partial charge < -0.3 is 4.74 Å². The van der Waals surface area contributed by atoms with Gasteiger partial charge in [-0.2, -0.15) is 0 Å². The summed E-state index contributed by atoms with van der Waals surface area (Å²) in [5.74, 6) is -0.464. The van der Waals surface area contributed by atoms with E-state index in [4.69, 9.17) is 17.0 Å². The lowest BCUT2D eigenvalue weighted by molar-refractivity contribution is -0.122. The summed E-state index contributed by atoms with van der Waals surface area (Å²) in [6.45, 7) is 3.94. The molecule has 2 aromatic rings. The van der Waals surface area contributed by atoms with Crippen LogP contribution in [0.2, 0.25) is 0 Å². The molecule has 0 atom stereocenters. The van der Waals surface area contributed by atoms with Gasteiger partial charge in [0.05, 0.1) is 5.69 Å². The average Bonchev–Trinajstić information content (AvgIpc) is 2.65. The minimum absolute atomic E-state index is 0.0166. The fraction of sp³-hybridized carbons (Fsp3) is 0.0500. The van der Waals surface area contributed by atoms with Gasteiger partial charge in [-0.3, -0.25) is 19.8 Å². The van der Waals surface area contributed by atoms with Crippen LogP contribution in [0.4, 0.5) is 5.69 Å². The minimum atomic E-state index is -0.536. The van der Waals surface area contributed by atoms with Crippen LogP contribution in [0.3, 0.4) is 0 Å². The average molecular weight is 364 g/mol. The van der Waals surface area contributed by atoms with Crippen LogP contribution < -0.4 is 15.0 Å². The van der Waals surface area contributed by atoms with E-state index in [2.05, 4.69) is 11.9 Å². The Labute approximate surface area is 156 Å². The van der Waals surface area contributed by atoms with Gasteiger partial charge in [0.1, 0.15) is 17.9 Å². The van der Waals surface area contributed by atoms with Crippen molar-refractivity contribution in [2.75, 3.05) is 11.5 Å². The van der Waals surface area contributed by atoms with Crippen LogP contribution in [0.15, 0.2) is 72.8 Å². The summed E-state index contributed by atoms with van der Waals surface area (Å²) >= 11 is 5.17. The predicted octanol–water partition coefficient (Wildman–Crippen LogP) is 3.08. The summed E-state index contributed by atoms with van der Waals surface area (Å²) in [4.78, 5) is 26.6. The Hall–Kier alpha value is -3.25. The molecule has 0 bridgehead atoms. The molecule has 1 fully saturated rings. The van der Waals surface area contributed by atoms with Gasteiger partial charge in [0.2, 0.25) is 0 Å². The number of thiocarbonyl (C=S) groups is 1. The summed E-state index contributed by atoms with van der Waals surface area (Å²) < 4.78 is 5.59. The molecule has 6 heteroatoms. The van der Waals surface area contributed by atoms with Gasteiger partial charge in [0, 0.05) is 5.56 Å². The van der Waals surface area contributed by atoms with Crippen molar-refractivity contribution in [2.24, 2.45) is 0 Å². The number of hydrogen-bond donors (Lipinski definition) is 1. The number of para-hydroxylation sites is 2. The van der Waals surface area contributed by atoms with Crippen LogP contribution in [-0.4, -0.2) is 23.5 Å². The van der Waals surface area contributed by atoms with E-state index in [1.54, 1.807) is 48.5 Å². The van der Waals surface area contributed by atoms with Crippen LogP contribution in [-0.2, 0) is 9.59 Å². The molecule has 2 aromatic carbocycles. The van der Waals surface area contributed by atoms with E-state index < -0.39 is 11.8 Å². The van der Waals surface area contributed by atoms with Crippen molar-refractivity contribution in [1.82, 2.24) is 5.32 Å². The van der Waals surface area contributed by atoms with Crippen molar-refractivity contribution in [3.05, 3.63) is 78.4 Å². The molecule has 1 aliphatic heterocycles. The third kappa shape index (κ3) is 3.55. The van der Waals surface area contributed by atoms with E-state index in [1.807, 2.05) is 12.1 Å². The lowest BCUT2D eigenvalue weighted by Crippen LogP contribution is -2.54. The van der Waals surface area contributed by atoms with Gasteiger partial charge in [-0.1, -0.05) is 49.1 Å². The van der Waals surface area contributed by atoms with Crippen LogP contribution in [0, 0.1) is 0 Å². The molecule has 0 radical (unpaired) electrons. The first-order valence-corrected chi connectivity index (χ1v) is 8.32. The third-order valence-electron chi connectivity index (χ3n) is 3.69. The fourth-order valence-electron chi connectivity index (χ4n) is 2.50. The van der Waals surface area contributed by atoms with Crippen LogP contribution >= 0.6 is 12.2 Å². The number of amides is 2. The second-order valence-electron chi connectivity index (χ2n) is 5.43. The largest absolute Gasteiger partial charge is 0.489 e. The molecule has 0 aliphatic carbocycles. The molecule has 26 heavy (non-hydrogen) atoms. The topological polar surface area (TPSA) is 58.6 Å². The molecule has 1 N–H and O–H groups in total. The Bertz CT molecular complexity index is 906. The molecule has 130 valence electrons. The second kappa shape index (κ2) is 7.76. The summed E-state index contributed by atoms with van der Waals surface area (Å²) in [6.07, 6.45) is 3.13. The van der Waals surface area contributed by atoms with Crippen LogP contribution in [0.5, 0.6) is 5.75 Å². The predicted molar refractivity (Wildman–Crippen MR) is 105 cm³/mol. The smallest absolute Gasteiger partial charge is 0.270 e. The second-order valence-corrected chi connectivity index (χ2v) is 5.82. The highest BCUT2D eigenvalue weighted by molar-refractivity contribution is 7.80. The SMILES string of the molecule is C=CCOc1ccccc1/C=C1/C(=O)NC(=S)N(c2ccccc2)C1=O. The van der Waals surface area contributed by atoms with E-state index >= 15 is 0 Å². The molecule has 5 nitrogen and oxygen atoms in total. The number of carbonyl (C=O) groups excluding carboxylic acids is 2. The number of nitrogens with one attached hydrogen (secondary N) is 1. The molecule has 0 spiro atoms. The van der Waals surface area contributed by atoms with E-state index in [-0.39, 0.29) is 10.7 Å². The minimum Gasteiger partial charge on any atom is -0.489 e. The van der Waals surface area contributed by atoms with Crippen LogP contribution in [0.1, 0.15) is 5.56 Å².